The number of carbonyl (C=O) groups is 1. The van der Waals surface area contributed by atoms with Crippen LogP contribution in [0.2, 0.25) is 0 Å². The summed E-state index contributed by atoms with van der Waals surface area (Å²) in [6.07, 6.45) is 1.78. The average Bonchev–Trinajstić information content (AvgIpc) is 3.12. The molecule has 0 radical (unpaired) electrons. The molecule has 4 rings (SSSR count). The van der Waals surface area contributed by atoms with Crippen molar-refractivity contribution in [1.29, 1.82) is 0 Å². The summed E-state index contributed by atoms with van der Waals surface area (Å²) in [5.74, 6) is 0.521. The van der Waals surface area contributed by atoms with Crippen LogP contribution in [-0.2, 0) is 26.8 Å². The minimum absolute atomic E-state index is 0.108. The van der Waals surface area contributed by atoms with E-state index in [-0.39, 0.29) is 16.2 Å². The number of fused-ring (bicyclic) bond motifs is 1. The Balaban J connectivity index is 1.71. The van der Waals surface area contributed by atoms with Gasteiger partial charge in [-0.3, -0.25) is 4.79 Å². The van der Waals surface area contributed by atoms with Crippen LogP contribution in [-0.4, -0.2) is 21.4 Å². The smallest absolute Gasteiger partial charge is 0.256 e. The van der Waals surface area contributed by atoms with Crippen LogP contribution < -0.4 is 14.8 Å². The largest absolute Gasteiger partial charge is 0.489 e. The summed E-state index contributed by atoms with van der Waals surface area (Å²) in [5, 5.41) is 2.81. The fourth-order valence-corrected chi connectivity index (χ4v) is 4.60. The lowest BCUT2D eigenvalue weighted by molar-refractivity contribution is -0.110. The molecule has 0 unspecified atom stereocenters. The van der Waals surface area contributed by atoms with Gasteiger partial charge in [0, 0.05) is 22.4 Å². The number of rotatable bonds is 6. The van der Waals surface area contributed by atoms with E-state index in [2.05, 4.69) is 30.8 Å². The molecule has 1 aliphatic rings. The Hall–Kier alpha value is -3.42. The zero-order valence-electron chi connectivity index (χ0n) is 19.7. The first-order chi connectivity index (χ1) is 16.1. The molecule has 0 saturated carbocycles. The van der Waals surface area contributed by atoms with Crippen molar-refractivity contribution < 1.29 is 17.9 Å². The van der Waals surface area contributed by atoms with Gasteiger partial charge in [0.25, 0.3) is 5.91 Å². The van der Waals surface area contributed by atoms with Gasteiger partial charge < -0.3 is 10.1 Å². The van der Waals surface area contributed by atoms with Gasteiger partial charge in [0.05, 0.1) is 4.90 Å². The van der Waals surface area contributed by atoms with Gasteiger partial charge in [-0.1, -0.05) is 57.2 Å². The van der Waals surface area contributed by atoms with E-state index in [9.17, 15) is 13.2 Å². The maximum atomic E-state index is 12.7. The predicted molar refractivity (Wildman–Crippen MR) is 135 cm³/mol. The highest BCUT2D eigenvalue weighted by Crippen LogP contribution is 2.37. The van der Waals surface area contributed by atoms with E-state index in [1.54, 1.807) is 12.1 Å². The molecule has 0 atom stereocenters. The van der Waals surface area contributed by atoms with Crippen molar-refractivity contribution in [3.05, 3.63) is 89.0 Å². The molecule has 6 nitrogen and oxygen atoms in total. The van der Waals surface area contributed by atoms with Crippen molar-refractivity contribution in [2.24, 2.45) is 0 Å². The van der Waals surface area contributed by atoms with Crippen molar-refractivity contribution in [3.63, 3.8) is 0 Å². The van der Waals surface area contributed by atoms with Gasteiger partial charge in [-0.05, 0) is 60.0 Å². The van der Waals surface area contributed by atoms with Crippen LogP contribution in [0.15, 0.2) is 71.6 Å². The van der Waals surface area contributed by atoms with E-state index in [0.717, 1.165) is 22.4 Å². The van der Waals surface area contributed by atoms with Gasteiger partial charge >= 0.3 is 0 Å². The lowest BCUT2D eigenvalue weighted by Gasteiger charge is -2.23. The number of hydrogen-bond donors (Lipinski definition) is 2. The van der Waals surface area contributed by atoms with Crippen molar-refractivity contribution in [3.8, 4) is 5.75 Å². The first-order valence-electron chi connectivity index (χ1n) is 11.0. The van der Waals surface area contributed by atoms with E-state index in [0.29, 0.717) is 23.4 Å². The first-order valence-corrected chi connectivity index (χ1v) is 12.5. The Kier molecular flexibility index (Phi) is 6.34. The number of benzene rings is 3. The Morgan fingerprint density at radius 3 is 2.41 bits per heavy atom. The normalized spacial score (nSPS) is 14.7. The summed E-state index contributed by atoms with van der Waals surface area (Å²) in [6.45, 7) is 6.80. The number of amides is 1. The molecule has 2 N–H and O–H groups in total. The van der Waals surface area contributed by atoms with E-state index < -0.39 is 10.0 Å². The second-order valence-corrected chi connectivity index (χ2v) is 11.1. The molecule has 0 fully saturated rings. The molecule has 0 aromatic heterocycles. The Bertz CT molecular complexity index is 1370. The van der Waals surface area contributed by atoms with Gasteiger partial charge in [0.15, 0.2) is 0 Å². The minimum atomic E-state index is -3.63. The Labute approximate surface area is 200 Å². The van der Waals surface area contributed by atoms with Crippen molar-refractivity contribution in [2.75, 3.05) is 12.4 Å². The Morgan fingerprint density at radius 2 is 1.74 bits per heavy atom. The third-order valence-electron chi connectivity index (χ3n) is 5.71. The molecule has 0 spiro atoms. The van der Waals surface area contributed by atoms with E-state index in [1.165, 1.54) is 19.2 Å². The SMILES string of the molecule is CNS(=O)(=O)c1ccc2c(c1)C(=Cc1ccc(OCc3ccccc3)c(C(C)(C)C)c1)C(=O)N2. The summed E-state index contributed by atoms with van der Waals surface area (Å²) >= 11 is 0. The maximum Gasteiger partial charge on any atom is 0.256 e. The van der Waals surface area contributed by atoms with E-state index >= 15 is 0 Å². The standard InChI is InChI=1S/C27H28N2O4S/c1-27(2,3)23-15-19(10-13-25(23)33-17-18-8-6-5-7-9-18)14-22-21-16-20(34(31,32)28-4)11-12-24(21)29-26(22)30/h5-16,28H,17H2,1-4H3,(H,29,30). The third kappa shape index (κ3) is 4.90. The second-order valence-electron chi connectivity index (χ2n) is 9.21. The topological polar surface area (TPSA) is 84.5 Å². The van der Waals surface area contributed by atoms with Crippen LogP contribution in [0.25, 0.3) is 11.6 Å². The van der Waals surface area contributed by atoms with E-state index in [4.69, 9.17) is 4.74 Å². The molecule has 1 heterocycles. The van der Waals surface area contributed by atoms with Crippen molar-refractivity contribution in [2.45, 2.75) is 37.7 Å². The number of nitrogens with one attached hydrogen (secondary N) is 2. The van der Waals surface area contributed by atoms with Crippen LogP contribution in [0.1, 0.15) is 43.0 Å². The highest BCUT2D eigenvalue weighted by atomic mass is 32.2. The first kappa shape index (κ1) is 23.7. The summed E-state index contributed by atoms with van der Waals surface area (Å²) in [5.41, 5.74) is 4.30. The quantitative estimate of drug-likeness (QED) is 0.492. The molecular formula is C27H28N2O4S. The average molecular weight is 477 g/mol. The summed E-state index contributed by atoms with van der Waals surface area (Å²) in [6, 6.07) is 20.4. The molecule has 0 saturated heterocycles. The van der Waals surface area contributed by atoms with Crippen LogP contribution in [0.4, 0.5) is 5.69 Å². The minimum Gasteiger partial charge on any atom is -0.489 e. The molecular weight excluding hydrogens is 448 g/mol. The summed E-state index contributed by atoms with van der Waals surface area (Å²) < 4.78 is 33.0. The molecule has 1 aliphatic heterocycles. The molecule has 7 heteroatoms. The highest BCUT2D eigenvalue weighted by molar-refractivity contribution is 7.89. The Morgan fingerprint density at radius 1 is 1.00 bits per heavy atom. The number of anilines is 1. The number of hydrogen-bond acceptors (Lipinski definition) is 4. The molecule has 0 bridgehead atoms. The number of ether oxygens (including phenoxy) is 1. The van der Waals surface area contributed by atoms with Gasteiger partial charge in [0.1, 0.15) is 12.4 Å². The van der Waals surface area contributed by atoms with Crippen LogP contribution >= 0.6 is 0 Å². The van der Waals surface area contributed by atoms with Gasteiger partial charge in [-0.15, -0.1) is 0 Å². The van der Waals surface area contributed by atoms with Crippen molar-refractivity contribution >= 4 is 33.3 Å². The van der Waals surface area contributed by atoms with Crippen LogP contribution in [0.3, 0.4) is 0 Å². The van der Waals surface area contributed by atoms with Gasteiger partial charge in [-0.25, -0.2) is 13.1 Å². The highest BCUT2D eigenvalue weighted by Gasteiger charge is 2.27. The molecule has 0 aliphatic carbocycles. The molecule has 1 amide bonds. The zero-order valence-corrected chi connectivity index (χ0v) is 20.5. The van der Waals surface area contributed by atoms with Crippen LogP contribution in [0, 0.1) is 0 Å². The second kappa shape index (κ2) is 9.08. The maximum absolute atomic E-state index is 12.7. The summed E-state index contributed by atoms with van der Waals surface area (Å²) in [4.78, 5) is 12.8. The molecule has 3 aromatic carbocycles. The molecule has 176 valence electrons. The molecule has 34 heavy (non-hydrogen) atoms. The van der Waals surface area contributed by atoms with Gasteiger partial charge in [-0.2, -0.15) is 0 Å². The fourth-order valence-electron chi connectivity index (χ4n) is 3.85. The van der Waals surface area contributed by atoms with Gasteiger partial charge in [0.2, 0.25) is 10.0 Å². The lowest BCUT2D eigenvalue weighted by atomic mass is 9.85. The van der Waals surface area contributed by atoms with Crippen LogP contribution in [0.5, 0.6) is 5.75 Å². The monoisotopic (exact) mass is 476 g/mol. The zero-order chi connectivity index (χ0) is 24.5. The predicted octanol–water partition coefficient (Wildman–Crippen LogP) is 4.96. The fraction of sp³-hybridized carbons (Fsp3) is 0.222. The summed E-state index contributed by atoms with van der Waals surface area (Å²) in [7, 11) is -2.27. The third-order valence-corrected chi connectivity index (χ3v) is 7.12. The number of sulfonamides is 1. The lowest BCUT2D eigenvalue weighted by Crippen LogP contribution is -2.18. The molecule has 3 aromatic rings. The number of carbonyl (C=O) groups excluding carboxylic acids is 1. The van der Waals surface area contributed by atoms with Crippen molar-refractivity contribution in [1.82, 2.24) is 4.72 Å². The van der Waals surface area contributed by atoms with E-state index in [1.807, 2.05) is 48.5 Å².